The largest absolute Gasteiger partial charge is 0.481 e. The van der Waals surface area contributed by atoms with Crippen LogP contribution in [0.15, 0.2) is 30.3 Å². The Morgan fingerprint density at radius 2 is 1.80 bits per heavy atom. The number of amides is 1. The number of carboxylic acids is 1. The van der Waals surface area contributed by atoms with Crippen molar-refractivity contribution in [2.75, 3.05) is 0 Å². The predicted octanol–water partition coefficient (Wildman–Crippen LogP) is 2.88. The van der Waals surface area contributed by atoms with Crippen LogP contribution in [-0.2, 0) is 25.7 Å². The normalized spacial score (nSPS) is 12.1. The Morgan fingerprint density at radius 3 is 2.36 bits per heavy atom. The van der Waals surface area contributed by atoms with Crippen LogP contribution in [0.3, 0.4) is 0 Å². The van der Waals surface area contributed by atoms with E-state index < -0.39 is 29.7 Å². The molecule has 1 aromatic rings. The van der Waals surface area contributed by atoms with Gasteiger partial charge in [-0.25, -0.2) is 4.79 Å². The fourth-order valence-corrected chi connectivity index (χ4v) is 2.05. The van der Waals surface area contributed by atoms with Crippen LogP contribution in [-0.4, -0.2) is 34.8 Å². The molecule has 7 nitrogen and oxygen atoms in total. The SMILES string of the molecule is CC(C)(C)OC(=O)CCC(CC(=O)O)NC(=O)OCc1ccccc1. The molecule has 1 aromatic carbocycles. The maximum Gasteiger partial charge on any atom is 0.407 e. The molecule has 0 heterocycles. The van der Waals surface area contributed by atoms with Gasteiger partial charge in [-0.05, 0) is 32.8 Å². The number of nitrogens with one attached hydrogen (secondary N) is 1. The van der Waals surface area contributed by atoms with Crippen molar-refractivity contribution in [3.05, 3.63) is 35.9 Å². The fraction of sp³-hybridized carbons (Fsp3) is 0.500. The van der Waals surface area contributed by atoms with Gasteiger partial charge in [-0.1, -0.05) is 30.3 Å². The number of ether oxygens (including phenoxy) is 2. The van der Waals surface area contributed by atoms with E-state index in [9.17, 15) is 14.4 Å². The number of carbonyl (C=O) groups is 3. The lowest BCUT2D eigenvalue weighted by atomic mass is 10.1. The minimum Gasteiger partial charge on any atom is -0.481 e. The Kier molecular flexibility index (Phi) is 7.91. The van der Waals surface area contributed by atoms with E-state index in [4.69, 9.17) is 14.6 Å². The van der Waals surface area contributed by atoms with E-state index in [0.29, 0.717) is 0 Å². The van der Waals surface area contributed by atoms with E-state index >= 15 is 0 Å². The molecule has 0 fully saturated rings. The van der Waals surface area contributed by atoms with Crippen molar-refractivity contribution in [2.45, 2.75) is 58.3 Å². The van der Waals surface area contributed by atoms with Gasteiger partial charge in [0.25, 0.3) is 0 Å². The minimum atomic E-state index is -1.07. The average Bonchev–Trinajstić information content (AvgIpc) is 2.49. The van der Waals surface area contributed by atoms with Crippen molar-refractivity contribution in [1.82, 2.24) is 5.32 Å². The molecule has 0 bridgehead atoms. The lowest BCUT2D eigenvalue weighted by Crippen LogP contribution is -2.37. The summed E-state index contributed by atoms with van der Waals surface area (Å²) in [4.78, 5) is 34.5. The van der Waals surface area contributed by atoms with Gasteiger partial charge >= 0.3 is 18.0 Å². The quantitative estimate of drug-likeness (QED) is 0.698. The van der Waals surface area contributed by atoms with Crippen molar-refractivity contribution in [2.24, 2.45) is 0 Å². The lowest BCUT2D eigenvalue weighted by molar-refractivity contribution is -0.155. The summed E-state index contributed by atoms with van der Waals surface area (Å²) in [5.74, 6) is -1.51. The molecule has 25 heavy (non-hydrogen) atoms. The van der Waals surface area contributed by atoms with Gasteiger partial charge in [0.1, 0.15) is 12.2 Å². The van der Waals surface area contributed by atoms with Crippen LogP contribution < -0.4 is 5.32 Å². The zero-order valence-electron chi connectivity index (χ0n) is 14.8. The van der Waals surface area contributed by atoms with Crippen molar-refractivity contribution in [3.63, 3.8) is 0 Å². The Labute approximate surface area is 147 Å². The molecule has 0 saturated carbocycles. The van der Waals surface area contributed by atoms with Gasteiger partial charge < -0.3 is 19.9 Å². The highest BCUT2D eigenvalue weighted by Crippen LogP contribution is 2.11. The fourth-order valence-electron chi connectivity index (χ4n) is 2.05. The molecule has 0 radical (unpaired) electrons. The first-order chi connectivity index (χ1) is 11.7. The van der Waals surface area contributed by atoms with Gasteiger partial charge in [-0.2, -0.15) is 0 Å². The van der Waals surface area contributed by atoms with Crippen molar-refractivity contribution < 1.29 is 29.0 Å². The van der Waals surface area contributed by atoms with Crippen LogP contribution in [0, 0.1) is 0 Å². The number of carboxylic acid groups (broad SMARTS) is 1. The number of alkyl carbamates (subject to hydrolysis) is 1. The second kappa shape index (κ2) is 9.66. The average molecular weight is 351 g/mol. The number of carbonyl (C=O) groups excluding carboxylic acids is 2. The monoisotopic (exact) mass is 351 g/mol. The molecule has 138 valence electrons. The molecular weight excluding hydrogens is 326 g/mol. The summed E-state index contributed by atoms with van der Waals surface area (Å²) in [5.41, 5.74) is 0.211. The molecule has 2 N–H and O–H groups in total. The summed E-state index contributed by atoms with van der Waals surface area (Å²) >= 11 is 0. The first kappa shape index (κ1) is 20.5. The van der Waals surface area contributed by atoms with Gasteiger partial charge in [-0.15, -0.1) is 0 Å². The third kappa shape index (κ3) is 10.0. The molecule has 1 unspecified atom stereocenters. The molecule has 0 spiro atoms. The standard InChI is InChI=1S/C18H25NO6/c1-18(2,3)25-16(22)10-9-14(11-15(20)21)19-17(23)24-12-13-7-5-4-6-8-13/h4-8,14H,9-12H2,1-3H3,(H,19,23)(H,20,21). The molecule has 0 saturated heterocycles. The molecule has 1 rings (SSSR count). The smallest absolute Gasteiger partial charge is 0.407 e. The van der Waals surface area contributed by atoms with Crippen LogP contribution in [0.25, 0.3) is 0 Å². The Balaban J connectivity index is 2.47. The molecular formula is C18H25NO6. The third-order valence-electron chi connectivity index (χ3n) is 3.07. The molecule has 0 aliphatic carbocycles. The first-order valence-electron chi connectivity index (χ1n) is 8.06. The number of benzene rings is 1. The highest BCUT2D eigenvalue weighted by atomic mass is 16.6. The summed E-state index contributed by atoms with van der Waals surface area (Å²) in [6, 6.07) is 8.40. The van der Waals surface area contributed by atoms with Crippen molar-refractivity contribution >= 4 is 18.0 Å². The molecule has 1 atom stereocenters. The lowest BCUT2D eigenvalue weighted by Gasteiger charge is -2.21. The number of rotatable bonds is 8. The highest BCUT2D eigenvalue weighted by molar-refractivity contribution is 5.72. The van der Waals surface area contributed by atoms with Crippen molar-refractivity contribution in [3.8, 4) is 0 Å². The molecule has 1 amide bonds. The summed E-state index contributed by atoms with van der Waals surface area (Å²) in [6.07, 6.45) is -0.863. The maximum atomic E-state index is 11.8. The predicted molar refractivity (Wildman–Crippen MR) is 90.9 cm³/mol. The topological polar surface area (TPSA) is 102 Å². The molecule has 0 aromatic heterocycles. The van der Waals surface area contributed by atoms with E-state index in [-0.39, 0.29) is 25.9 Å². The molecule has 0 aliphatic heterocycles. The summed E-state index contributed by atoms with van der Waals surface area (Å²) in [7, 11) is 0. The van der Waals surface area contributed by atoms with E-state index in [1.807, 2.05) is 30.3 Å². The van der Waals surface area contributed by atoms with Crippen LogP contribution in [0.1, 0.15) is 45.6 Å². The molecule has 7 heteroatoms. The Hall–Kier alpha value is -2.57. The first-order valence-corrected chi connectivity index (χ1v) is 8.06. The third-order valence-corrected chi connectivity index (χ3v) is 3.07. The maximum absolute atomic E-state index is 11.8. The van der Waals surface area contributed by atoms with E-state index in [1.54, 1.807) is 20.8 Å². The van der Waals surface area contributed by atoms with E-state index in [1.165, 1.54) is 0 Å². The van der Waals surface area contributed by atoms with Gasteiger partial charge in [0.15, 0.2) is 0 Å². The highest BCUT2D eigenvalue weighted by Gasteiger charge is 2.21. The van der Waals surface area contributed by atoms with Crippen LogP contribution in [0.5, 0.6) is 0 Å². The summed E-state index contributed by atoms with van der Waals surface area (Å²) < 4.78 is 10.2. The van der Waals surface area contributed by atoms with Crippen LogP contribution in [0.4, 0.5) is 4.79 Å². The zero-order chi connectivity index (χ0) is 18.9. The number of hydrogen-bond donors (Lipinski definition) is 2. The van der Waals surface area contributed by atoms with Crippen molar-refractivity contribution in [1.29, 1.82) is 0 Å². The second-order valence-electron chi connectivity index (χ2n) is 6.63. The van der Waals surface area contributed by atoms with E-state index in [2.05, 4.69) is 5.32 Å². The number of hydrogen-bond acceptors (Lipinski definition) is 5. The van der Waals surface area contributed by atoms with Crippen LogP contribution >= 0.6 is 0 Å². The zero-order valence-corrected chi connectivity index (χ0v) is 14.8. The van der Waals surface area contributed by atoms with Gasteiger partial charge in [-0.3, -0.25) is 9.59 Å². The summed E-state index contributed by atoms with van der Waals surface area (Å²) in [5, 5.41) is 11.4. The Morgan fingerprint density at radius 1 is 1.16 bits per heavy atom. The van der Waals surface area contributed by atoms with Crippen LogP contribution in [0.2, 0.25) is 0 Å². The van der Waals surface area contributed by atoms with Gasteiger partial charge in [0, 0.05) is 12.5 Å². The molecule has 0 aliphatic rings. The second-order valence-corrected chi connectivity index (χ2v) is 6.63. The minimum absolute atomic E-state index is 0.00812. The van der Waals surface area contributed by atoms with E-state index in [0.717, 1.165) is 5.56 Å². The Bertz CT molecular complexity index is 579. The number of aliphatic carboxylic acids is 1. The van der Waals surface area contributed by atoms with Gasteiger partial charge in [0.2, 0.25) is 0 Å². The number of esters is 1. The summed E-state index contributed by atoms with van der Waals surface area (Å²) in [6.45, 7) is 5.33. The van der Waals surface area contributed by atoms with Gasteiger partial charge in [0.05, 0.1) is 6.42 Å².